The Morgan fingerprint density at radius 2 is 2.18 bits per heavy atom. The summed E-state index contributed by atoms with van der Waals surface area (Å²) in [6, 6.07) is 0. The number of halogens is 1. The zero-order chi connectivity index (χ0) is 11.5. The van der Waals surface area contributed by atoms with Crippen LogP contribution in [0.1, 0.15) is 20.3 Å². The molecule has 1 unspecified atom stereocenters. The summed E-state index contributed by atoms with van der Waals surface area (Å²) in [4.78, 5) is 13.9. The number of likely N-dealkylation sites (tertiary alicyclic amines) is 1. The van der Waals surface area contributed by atoms with Gasteiger partial charge in [0.2, 0.25) is 5.91 Å². The van der Waals surface area contributed by atoms with Crippen LogP contribution in [-0.2, 0) is 9.53 Å². The molecule has 0 saturated carbocycles. The maximum absolute atomic E-state index is 11.9. The van der Waals surface area contributed by atoms with E-state index in [4.69, 9.17) is 4.74 Å². The van der Waals surface area contributed by atoms with Crippen LogP contribution < -0.4 is 5.32 Å². The molecule has 2 fully saturated rings. The van der Waals surface area contributed by atoms with E-state index in [0.717, 1.165) is 39.2 Å². The topological polar surface area (TPSA) is 41.6 Å². The molecule has 1 atom stereocenters. The van der Waals surface area contributed by atoms with Crippen molar-refractivity contribution in [3.63, 3.8) is 0 Å². The Labute approximate surface area is 109 Å². The van der Waals surface area contributed by atoms with Crippen molar-refractivity contribution >= 4 is 18.3 Å². The van der Waals surface area contributed by atoms with Crippen molar-refractivity contribution in [1.29, 1.82) is 0 Å². The summed E-state index contributed by atoms with van der Waals surface area (Å²) in [5, 5.41) is 3.14. The zero-order valence-corrected chi connectivity index (χ0v) is 11.5. The highest BCUT2D eigenvalue weighted by atomic mass is 35.5. The Kier molecular flexibility index (Phi) is 5.70. The lowest BCUT2D eigenvalue weighted by Gasteiger charge is -2.30. The van der Waals surface area contributed by atoms with Crippen LogP contribution in [0, 0.1) is 11.8 Å². The van der Waals surface area contributed by atoms with E-state index in [-0.39, 0.29) is 24.4 Å². The summed E-state index contributed by atoms with van der Waals surface area (Å²) in [5.41, 5.74) is 0. The van der Waals surface area contributed by atoms with E-state index in [9.17, 15) is 4.79 Å². The van der Waals surface area contributed by atoms with E-state index in [1.165, 1.54) is 0 Å². The monoisotopic (exact) mass is 262 g/mol. The molecular weight excluding hydrogens is 240 g/mol. The third kappa shape index (κ3) is 3.83. The highest BCUT2D eigenvalue weighted by Gasteiger charge is 2.33. The third-order valence-corrected chi connectivity index (χ3v) is 3.25. The van der Waals surface area contributed by atoms with Gasteiger partial charge in [-0.25, -0.2) is 0 Å². The predicted molar refractivity (Wildman–Crippen MR) is 69.4 cm³/mol. The second-order valence-electron chi connectivity index (χ2n) is 5.28. The van der Waals surface area contributed by atoms with Gasteiger partial charge in [0, 0.05) is 32.8 Å². The van der Waals surface area contributed by atoms with Crippen molar-refractivity contribution in [2.75, 3.05) is 32.8 Å². The molecule has 2 saturated heterocycles. The van der Waals surface area contributed by atoms with Gasteiger partial charge in [0.1, 0.15) is 0 Å². The number of hydrogen-bond donors (Lipinski definition) is 1. The first-order chi connectivity index (χ1) is 7.66. The van der Waals surface area contributed by atoms with Crippen molar-refractivity contribution in [3.05, 3.63) is 0 Å². The van der Waals surface area contributed by atoms with Gasteiger partial charge >= 0.3 is 0 Å². The molecule has 5 heteroatoms. The van der Waals surface area contributed by atoms with Crippen molar-refractivity contribution in [2.45, 2.75) is 26.4 Å². The van der Waals surface area contributed by atoms with E-state index in [0.29, 0.717) is 11.8 Å². The van der Waals surface area contributed by atoms with Crippen molar-refractivity contribution in [2.24, 2.45) is 11.8 Å². The summed E-state index contributed by atoms with van der Waals surface area (Å²) in [7, 11) is 0. The van der Waals surface area contributed by atoms with Crippen LogP contribution in [0.25, 0.3) is 0 Å². The quantitative estimate of drug-likeness (QED) is 0.819. The summed E-state index contributed by atoms with van der Waals surface area (Å²) < 4.78 is 5.77. The van der Waals surface area contributed by atoms with E-state index < -0.39 is 0 Å². The minimum Gasteiger partial charge on any atom is -0.376 e. The molecule has 0 spiro atoms. The molecule has 2 aliphatic rings. The van der Waals surface area contributed by atoms with Crippen LogP contribution in [0.5, 0.6) is 0 Å². The largest absolute Gasteiger partial charge is 0.376 e. The van der Waals surface area contributed by atoms with E-state index >= 15 is 0 Å². The number of nitrogens with zero attached hydrogens (tertiary/aromatic N) is 1. The normalized spacial score (nSPS) is 24.6. The summed E-state index contributed by atoms with van der Waals surface area (Å²) >= 11 is 0. The third-order valence-electron chi connectivity index (χ3n) is 3.25. The molecule has 0 radical (unpaired) electrons. The highest BCUT2D eigenvalue weighted by molar-refractivity contribution is 5.85. The molecule has 0 aromatic rings. The fraction of sp³-hybridized carbons (Fsp3) is 0.917. The van der Waals surface area contributed by atoms with Gasteiger partial charge in [0.05, 0.1) is 12.0 Å². The van der Waals surface area contributed by atoms with Gasteiger partial charge in [0.15, 0.2) is 0 Å². The molecule has 100 valence electrons. The highest BCUT2D eigenvalue weighted by Crippen LogP contribution is 2.17. The number of amides is 1. The molecule has 1 amide bonds. The lowest BCUT2D eigenvalue weighted by molar-refractivity contribution is -0.136. The molecule has 1 N–H and O–H groups in total. The fourth-order valence-corrected chi connectivity index (χ4v) is 2.11. The van der Waals surface area contributed by atoms with Crippen LogP contribution in [0.15, 0.2) is 0 Å². The Hall–Kier alpha value is -0.320. The molecule has 2 heterocycles. The van der Waals surface area contributed by atoms with Gasteiger partial charge in [-0.2, -0.15) is 0 Å². The zero-order valence-electron chi connectivity index (χ0n) is 10.6. The Balaban J connectivity index is 0.00000144. The molecule has 17 heavy (non-hydrogen) atoms. The molecule has 2 rings (SSSR count). The second-order valence-corrected chi connectivity index (χ2v) is 5.28. The van der Waals surface area contributed by atoms with Gasteiger partial charge in [-0.1, -0.05) is 13.8 Å². The van der Waals surface area contributed by atoms with Crippen molar-refractivity contribution in [1.82, 2.24) is 10.2 Å². The molecule has 0 bridgehead atoms. The van der Waals surface area contributed by atoms with E-state index in [1.807, 2.05) is 4.90 Å². The maximum Gasteiger partial charge on any atom is 0.228 e. The summed E-state index contributed by atoms with van der Waals surface area (Å²) in [6.07, 6.45) is 1.26. The summed E-state index contributed by atoms with van der Waals surface area (Å²) in [6.45, 7) is 8.48. The first kappa shape index (κ1) is 14.7. The van der Waals surface area contributed by atoms with Crippen LogP contribution in [0.3, 0.4) is 0 Å². The predicted octanol–water partition coefficient (Wildman–Crippen LogP) is 0.901. The van der Waals surface area contributed by atoms with Gasteiger partial charge in [-0.3, -0.25) is 4.79 Å². The molecule has 2 aliphatic heterocycles. The number of ether oxygens (including phenoxy) is 1. The Morgan fingerprint density at radius 1 is 1.47 bits per heavy atom. The number of carbonyl (C=O) groups is 1. The minimum atomic E-state index is 0. The molecule has 0 aromatic carbocycles. The van der Waals surface area contributed by atoms with Gasteiger partial charge in [0.25, 0.3) is 0 Å². The second kappa shape index (κ2) is 6.57. The number of nitrogens with one attached hydrogen (secondary N) is 1. The fourth-order valence-electron chi connectivity index (χ4n) is 2.11. The first-order valence-corrected chi connectivity index (χ1v) is 6.28. The molecule has 0 aliphatic carbocycles. The first-order valence-electron chi connectivity index (χ1n) is 6.28. The standard InChI is InChI=1S/C12H22N2O2.ClH/c1-9(2)8-16-11-3-4-14(7-11)12(15)10-5-13-6-10;/h9-11,13H,3-8H2,1-2H3;1H. The molecular formula is C12H23ClN2O2. The SMILES string of the molecule is CC(C)COC1CCN(C(=O)C2CNC2)C1.Cl. The average Bonchev–Trinajstić information content (AvgIpc) is 2.60. The Bertz CT molecular complexity index is 257. The number of carbonyl (C=O) groups excluding carboxylic acids is 1. The van der Waals surface area contributed by atoms with Gasteiger partial charge in [-0.05, 0) is 12.3 Å². The Morgan fingerprint density at radius 3 is 2.71 bits per heavy atom. The average molecular weight is 263 g/mol. The van der Waals surface area contributed by atoms with Crippen molar-refractivity contribution in [3.8, 4) is 0 Å². The van der Waals surface area contributed by atoms with E-state index in [2.05, 4.69) is 19.2 Å². The van der Waals surface area contributed by atoms with Gasteiger partial charge < -0.3 is 15.0 Å². The smallest absolute Gasteiger partial charge is 0.228 e. The molecule has 4 nitrogen and oxygen atoms in total. The minimum absolute atomic E-state index is 0. The van der Waals surface area contributed by atoms with E-state index in [1.54, 1.807) is 0 Å². The van der Waals surface area contributed by atoms with Crippen LogP contribution in [0.4, 0.5) is 0 Å². The number of hydrogen-bond acceptors (Lipinski definition) is 3. The maximum atomic E-state index is 11.9. The van der Waals surface area contributed by atoms with Crippen LogP contribution >= 0.6 is 12.4 Å². The van der Waals surface area contributed by atoms with Crippen LogP contribution in [-0.4, -0.2) is 49.7 Å². The summed E-state index contributed by atoms with van der Waals surface area (Å²) in [5.74, 6) is 1.11. The van der Waals surface area contributed by atoms with Crippen LogP contribution in [0.2, 0.25) is 0 Å². The number of rotatable bonds is 4. The lowest BCUT2D eigenvalue weighted by atomic mass is 10.0. The van der Waals surface area contributed by atoms with Gasteiger partial charge in [-0.15, -0.1) is 12.4 Å². The van der Waals surface area contributed by atoms with Crippen molar-refractivity contribution < 1.29 is 9.53 Å². The molecule has 0 aromatic heterocycles. The lowest BCUT2D eigenvalue weighted by Crippen LogP contribution is -2.51.